The molecular formula is C13H12Br2N2OS2. The molecule has 0 spiro atoms. The van der Waals surface area contributed by atoms with Crippen LogP contribution >= 0.6 is 55.0 Å². The van der Waals surface area contributed by atoms with Crippen LogP contribution in [0.5, 0.6) is 0 Å². The highest BCUT2D eigenvalue weighted by atomic mass is 79.9. The number of amides is 1. The largest absolute Gasteiger partial charge is 0.351 e. The van der Waals surface area contributed by atoms with Crippen LogP contribution in [0, 0.1) is 0 Å². The lowest BCUT2D eigenvalue weighted by atomic mass is 10.4. The molecule has 0 aliphatic carbocycles. The third-order valence-electron chi connectivity index (χ3n) is 2.36. The number of thioether (sulfide) groups is 1. The van der Waals surface area contributed by atoms with Crippen molar-refractivity contribution in [1.82, 2.24) is 10.3 Å². The van der Waals surface area contributed by atoms with Gasteiger partial charge < -0.3 is 5.32 Å². The summed E-state index contributed by atoms with van der Waals surface area (Å²) in [7, 11) is 0. The van der Waals surface area contributed by atoms with Crippen molar-refractivity contribution in [3.8, 4) is 0 Å². The maximum atomic E-state index is 11.9. The Balaban J connectivity index is 1.67. The maximum absolute atomic E-state index is 11.9. The molecule has 3 nitrogen and oxygen atoms in total. The highest BCUT2D eigenvalue weighted by Gasteiger charge is 2.11. The first-order chi connectivity index (χ1) is 9.66. The van der Waals surface area contributed by atoms with Gasteiger partial charge in [-0.05, 0) is 56.5 Å². The zero-order valence-corrected chi connectivity index (χ0v) is 15.2. The van der Waals surface area contributed by atoms with E-state index in [4.69, 9.17) is 0 Å². The number of aromatic nitrogens is 1. The van der Waals surface area contributed by atoms with Crippen molar-refractivity contribution < 1.29 is 4.79 Å². The van der Waals surface area contributed by atoms with Gasteiger partial charge in [-0.15, -0.1) is 23.1 Å². The summed E-state index contributed by atoms with van der Waals surface area (Å²) in [6, 6.07) is 7.70. The second-order valence-electron chi connectivity index (χ2n) is 3.86. The van der Waals surface area contributed by atoms with Crippen LogP contribution in [0.4, 0.5) is 0 Å². The molecule has 0 bridgehead atoms. The number of halogens is 2. The second-order valence-corrected chi connectivity index (χ2v) is 8.20. The number of hydrogen-bond donors (Lipinski definition) is 1. The molecule has 2 rings (SSSR count). The van der Waals surface area contributed by atoms with Crippen LogP contribution in [0.3, 0.4) is 0 Å². The molecule has 1 N–H and O–H groups in total. The first-order valence-corrected chi connectivity index (χ1v) is 9.32. The molecular weight excluding hydrogens is 424 g/mol. The predicted molar refractivity (Wildman–Crippen MR) is 91.6 cm³/mol. The highest BCUT2D eigenvalue weighted by molar-refractivity contribution is 9.13. The topological polar surface area (TPSA) is 42.0 Å². The van der Waals surface area contributed by atoms with Gasteiger partial charge in [-0.3, -0.25) is 4.79 Å². The molecule has 2 heterocycles. The molecule has 0 unspecified atom stereocenters. The zero-order chi connectivity index (χ0) is 14.4. The lowest BCUT2D eigenvalue weighted by Crippen LogP contribution is -2.23. The molecule has 0 atom stereocenters. The van der Waals surface area contributed by atoms with Gasteiger partial charge in [-0.2, -0.15) is 0 Å². The number of nitrogens with one attached hydrogen (secondary N) is 1. The minimum atomic E-state index is -0.0239. The molecule has 0 aromatic carbocycles. The van der Waals surface area contributed by atoms with Gasteiger partial charge in [0.25, 0.3) is 5.91 Å². The molecule has 0 saturated heterocycles. The van der Waals surface area contributed by atoms with Gasteiger partial charge in [0.05, 0.1) is 13.7 Å². The Morgan fingerprint density at radius 3 is 2.90 bits per heavy atom. The lowest BCUT2D eigenvalue weighted by Gasteiger charge is -2.03. The monoisotopic (exact) mass is 434 g/mol. The summed E-state index contributed by atoms with van der Waals surface area (Å²) in [5, 5.41) is 3.94. The third kappa shape index (κ3) is 4.87. The van der Waals surface area contributed by atoms with Crippen molar-refractivity contribution in [3.63, 3.8) is 0 Å². The molecule has 0 fully saturated rings. The van der Waals surface area contributed by atoms with Gasteiger partial charge in [0, 0.05) is 23.0 Å². The van der Waals surface area contributed by atoms with E-state index >= 15 is 0 Å². The van der Waals surface area contributed by atoms with Crippen LogP contribution in [0.1, 0.15) is 16.1 Å². The van der Waals surface area contributed by atoms with E-state index in [1.807, 2.05) is 24.3 Å². The van der Waals surface area contributed by atoms with Gasteiger partial charge in [0.1, 0.15) is 0 Å². The second kappa shape index (κ2) is 8.17. The van der Waals surface area contributed by atoms with Crippen molar-refractivity contribution in [2.75, 3.05) is 12.3 Å². The van der Waals surface area contributed by atoms with Crippen LogP contribution in [0.25, 0.3) is 0 Å². The quantitative estimate of drug-likeness (QED) is 0.533. The molecule has 20 heavy (non-hydrogen) atoms. The van der Waals surface area contributed by atoms with Gasteiger partial charge in [-0.25, -0.2) is 4.98 Å². The van der Waals surface area contributed by atoms with Crippen LogP contribution in [0.15, 0.2) is 43.7 Å². The Hall–Kier alpha value is -0.370. The van der Waals surface area contributed by atoms with Crippen molar-refractivity contribution in [2.24, 2.45) is 0 Å². The van der Waals surface area contributed by atoms with E-state index in [9.17, 15) is 4.79 Å². The first-order valence-electron chi connectivity index (χ1n) is 5.93. The molecule has 2 aromatic heterocycles. The third-order valence-corrected chi connectivity index (χ3v) is 6.65. The summed E-state index contributed by atoms with van der Waals surface area (Å²) in [5.41, 5.74) is 0. The van der Waals surface area contributed by atoms with Crippen LogP contribution in [-0.2, 0) is 0 Å². The number of rotatable bonds is 6. The van der Waals surface area contributed by atoms with E-state index in [0.717, 1.165) is 25.5 Å². The Labute approximate surface area is 142 Å². The smallest absolute Gasteiger partial charge is 0.261 e. The van der Waals surface area contributed by atoms with Crippen molar-refractivity contribution >= 4 is 60.9 Å². The van der Waals surface area contributed by atoms with E-state index in [2.05, 4.69) is 42.2 Å². The fraction of sp³-hybridized carbons (Fsp3) is 0.231. The molecule has 0 radical (unpaired) electrons. The van der Waals surface area contributed by atoms with Crippen LogP contribution < -0.4 is 5.32 Å². The summed E-state index contributed by atoms with van der Waals surface area (Å²) in [4.78, 5) is 16.8. The molecule has 0 saturated carbocycles. The standard InChI is InChI=1S/C13H12Br2N2OS2/c14-9-8-10(20-12(9)15)13(18)17-6-3-7-19-11-4-1-2-5-16-11/h1-2,4-5,8H,3,6-7H2,(H,17,18). The maximum Gasteiger partial charge on any atom is 0.261 e. The molecule has 7 heteroatoms. The van der Waals surface area contributed by atoms with E-state index in [1.165, 1.54) is 11.3 Å². The summed E-state index contributed by atoms with van der Waals surface area (Å²) in [5.74, 6) is 0.916. The van der Waals surface area contributed by atoms with E-state index in [-0.39, 0.29) is 5.91 Å². The number of nitrogens with zero attached hydrogens (tertiary/aromatic N) is 1. The predicted octanol–water partition coefficient (Wildman–Crippen LogP) is 4.58. The zero-order valence-electron chi connectivity index (χ0n) is 10.4. The van der Waals surface area contributed by atoms with Crippen molar-refractivity contribution in [3.05, 3.63) is 43.6 Å². The molecule has 0 aliphatic heterocycles. The average molecular weight is 436 g/mol. The molecule has 0 aliphatic rings. The van der Waals surface area contributed by atoms with E-state index < -0.39 is 0 Å². The van der Waals surface area contributed by atoms with Crippen LogP contribution in [0.2, 0.25) is 0 Å². The van der Waals surface area contributed by atoms with Gasteiger partial charge in [-0.1, -0.05) is 6.07 Å². The highest BCUT2D eigenvalue weighted by Crippen LogP contribution is 2.32. The molecule has 106 valence electrons. The first kappa shape index (κ1) is 16.0. The van der Waals surface area contributed by atoms with Crippen LogP contribution in [-0.4, -0.2) is 23.2 Å². The molecule has 2 aromatic rings. The summed E-state index contributed by atoms with van der Waals surface area (Å²) in [6.45, 7) is 0.672. The SMILES string of the molecule is O=C(NCCCSc1ccccn1)c1cc(Br)c(Br)s1. The average Bonchev–Trinajstić information content (AvgIpc) is 2.79. The Kier molecular flexibility index (Phi) is 6.54. The number of thiophene rings is 1. The summed E-state index contributed by atoms with van der Waals surface area (Å²) in [6.07, 6.45) is 2.71. The number of carbonyl (C=O) groups is 1. The summed E-state index contributed by atoms with van der Waals surface area (Å²) < 4.78 is 1.85. The minimum absolute atomic E-state index is 0.0239. The Morgan fingerprint density at radius 1 is 1.40 bits per heavy atom. The van der Waals surface area contributed by atoms with Crippen molar-refractivity contribution in [2.45, 2.75) is 11.4 Å². The number of pyridine rings is 1. The van der Waals surface area contributed by atoms with Crippen molar-refractivity contribution in [1.29, 1.82) is 0 Å². The fourth-order valence-electron chi connectivity index (χ4n) is 1.43. The number of hydrogen-bond acceptors (Lipinski definition) is 4. The van der Waals surface area contributed by atoms with E-state index in [0.29, 0.717) is 11.4 Å². The van der Waals surface area contributed by atoms with E-state index in [1.54, 1.807) is 18.0 Å². The number of carbonyl (C=O) groups excluding carboxylic acids is 1. The summed E-state index contributed by atoms with van der Waals surface area (Å²) >= 11 is 9.89. The Morgan fingerprint density at radius 2 is 2.25 bits per heavy atom. The minimum Gasteiger partial charge on any atom is -0.351 e. The van der Waals surface area contributed by atoms with Gasteiger partial charge >= 0.3 is 0 Å². The van der Waals surface area contributed by atoms with Gasteiger partial charge in [0.2, 0.25) is 0 Å². The lowest BCUT2D eigenvalue weighted by molar-refractivity contribution is 0.0958. The van der Waals surface area contributed by atoms with Gasteiger partial charge in [0.15, 0.2) is 0 Å². The normalized spacial score (nSPS) is 10.5. The fourth-order valence-corrected chi connectivity index (χ4v) is 4.19. The molecule has 1 amide bonds. The Bertz CT molecular complexity index is 556.